The Morgan fingerprint density at radius 2 is 2.00 bits per heavy atom. The summed E-state index contributed by atoms with van der Waals surface area (Å²) in [4.78, 5) is 36.3. The maximum Gasteiger partial charge on any atom is 0.308 e. The summed E-state index contributed by atoms with van der Waals surface area (Å²) in [5, 5.41) is 8.63. The molecule has 0 radical (unpaired) electrons. The van der Waals surface area contributed by atoms with Gasteiger partial charge in [0, 0.05) is 25.5 Å². The maximum atomic E-state index is 12.6. The molecule has 1 aliphatic rings. The highest BCUT2D eigenvalue weighted by Crippen LogP contribution is 2.34. The van der Waals surface area contributed by atoms with Crippen LogP contribution in [0.2, 0.25) is 0 Å². The second-order valence-corrected chi connectivity index (χ2v) is 7.34. The molecule has 26 heavy (non-hydrogen) atoms. The number of carboxylic acid groups (broad SMARTS) is 1. The highest BCUT2D eigenvalue weighted by Gasteiger charge is 2.31. The lowest BCUT2D eigenvalue weighted by Crippen LogP contribution is -2.29. The van der Waals surface area contributed by atoms with Crippen molar-refractivity contribution >= 4 is 52.2 Å². The minimum absolute atomic E-state index is 0.130. The number of para-hydroxylation sites is 1. The molecule has 6 nitrogen and oxygen atoms in total. The summed E-state index contributed by atoms with van der Waals surface area (Å²) < 4.78 is 5.63. The number of amides is 1. The van der Waals surface area contributed by atoms with Crippen LogP contribution in [-0.2, 0) is 14.4 Å². The second-order valence-electron chi connectivity index (χ2n) is 5.67. The van der Waals surface area contributed by atoms with Gasteiger partial charge in [-0.05, 0) is 25.0 Å². The van der Waals surface area contributed by atoms with Crippen LogP contribution in [0.15, 0.2) is 29.2 Å². The molecular formula is C18H19NO5S2. The van der Waals surface area contributed by atoms with Crippen LogP contribution >= 0.6 is 24.0 Å². The van der Waals surface area contributed by atoms with E-state index in [-0.39, 0.29) is 12.3 Å². The first-order chi connectivity index (χ1) is 12.4. The minimum Gasteiger partial charge on any atom is -0.481 e. The normalized spacial score (nSPS) is 15.6. The van der Waals surface area contributed by atoms with Crippen LogP contribution in [0.25, 0.3) is 6.08 Å². The molecule has 138 valence electrons. The van der Waals surface area contributed by atoms with Crippen molar-refractivity contribution < 1.29 is 24.2 Å². The highest BCUT2D eigenvalue weighted by atomic mass is 32.2. The third kappa shape index (κ3) is 5.67. The number of benzene rings is 1. The first-order valence-electron chi connectivity index (χ1n) is 8.13. The number of unbranched alkanes of at least 4 members (excludes halogenated alkanes) is 2. The summed E-state index contributed by atoms with van der Waals surface area (Å²) >= 11 is 6.49. The molecule has 0 aromatic heterocycles. The third-order valence-corrected chi connectivity index (χ3v) is 4.98. The number of hydrogen-bond donors (Lipinski definition) is 1. The Hall–Kier alpha value is -2.19. The molecule has 1 aliphatic heterocycles. The van der Waals surface area contributed by atoms with Gasteiger partial charge in [0.05, 0.1) is 4.91 Å². The molecule has 1 N–H and O–H groups in total. The van der Waals surface area contributed by atoms with E-state index in [0.717, 1.165) is 6.42 Å². The smallest absolute Gasteiger partial charge is 0.308 e. The summed E-state index contributed by atoms with van der Waals surface area (Å²) in [7, 11) is 0. The van der Waals surface area contributed by atoms with E-state index in [4.69, 9.17) is 22.1 Å². The number of thioether (sulfide) groups is 1. The predicted octanol–water partition coefficient (Wildman–Crippen LogP) is 3.46. The lowest BCUT2D eigenvalue weighted by Gasteiger charge is -2.13. The SMILES string of the molecule is CC(=O)Oc1ccccc1/C=C1\SC(=S)N(CCCCCC(=O)O)C1=O. The zero-order valence-corrected chi connectivity index (χ0v) is 15.9. The summed E-state index contributed by atoms with van der Waals surface area (Å²) in [5.41, 5.74) is 0.629. The van der Waals surface area contributed by atoms with Gasteiger partial charge in [0.25, 0.3) is 5.91 Å². The number of aliphatic carboxylic acids is 1. The third-order valence-electron chi connectivity index (χ3n) is 3.61. The van der Waals surface area contributed by atoms with Crippen LogP contribution in [0.5, 0.6) is 5.75 Å². The van der Waals surface area contributed by atoms with Crippen molar-refractivity contribution in [2.75, 3.05) is 6.54 Å². The van der Waals surface area contributed by atoms with Crippen molar-refractivity contribution in [2.24, 2.45) is 0 Å². The van der Waals surface area contributed by atoms with Crippen molar-refractivity contribution in [1.82, 2.24) is 4.90 Å². The molecule has 0 atom stereocenters. The predicted molar refractivity (Wildman–Crippen MR) is 104 cm³/mol. The Kier molecular flexibility index (Phi) is 7.35. The maximum absolute atomic E-state index is 12.6. The van der Waals surface area contributed by atoms with Gasteiger partial charge in [-0.1, -0.05) is 48.6 Å². The number of hydrogen-bond acceptors (Lipinski definition) is 6. The van der Waals surface area contributed by atoms with Crippen molar-refractivity contribution in [2.45, 2.75) is 32.6 Å². The molecule has 1 aromatic carbocycles. The standard InChI is InChI=1S/C18H19NO5S2/c1-12(20)24-14-8-5-4-7-13(14)11-15-17(23)19(18(25)26-15)10-6-2-3-9-16(21)22/h4-5,7-8,11H,2-3,6,9-10H2,1H3,(H,21,22)/b15-11-. The van der Waals surface area contributed by atoms with Gasteiger partial charge in [-0.15, -0.1) is 0 Å². The monoisotopic (exact) mass is 393 g/mol. The summed E-state index contributed by atoms with van der Waals surface area (Å²) in [6.45, 7) is 1.79. The molecule has 1 amide bonds. The largest absolute Gasteiger partial charge is 0.481 e. The average Bonchev–Trinajstić information content (AvgIpc) is 2.83. The fourth-order valence-corrected chi connectivity index (χ4v) is 3.70. The van der Waals surface area contributed by atoms with Gasteiger partial charge in [-0.3, -0.25) is 19.3 Å². The van der Waals surface area contributed by atoms with E-state index in [1.54, 1.807) is 30.3 Å². The van der Waals surface area contributed by atoms with Crippen molar-refractivity contribution in [3.63, 3.8) is 0 Å². The molecule has 1 fully saturated rings. The first-order valence-corrected chi connectivity index (χ1v) is 9.35. The summed E-state index contributed by atoms with van der Waals surface area (Å²) in [6.07, 6.45) is 3.79. The van der Waals surface area contributed by atoms with Crippen LogP contribution < -0.4 is 4.74 Å². The van der Waals surface area contributed by atoms with E-state index in [1.807, 2.05) is 0 Å². The summed E-state index contributed by atoms with van der Waals surface area (Å²) in [6, 6.07) is 6.97. The van der Waals surface area contributed by atoms with Crippen LogP contribution in [0, 0.1) is 0 Å². The minimum atomic E-state index is -0.815. The van der Waals surface area contributed by atoms with Gasteiger partial charge in [0.1, 0.15) is 10.1 Å². The number of ether oxygens (including phenoxy) is 1. The number of carbonyl (C=O) groups is 3. The molecule has 0 aliphatic carbocycles. The number of thiocarbonyl (C=S) groups is 1. The Balaban J connectivity index is 2.03. The lowest BCUT2D eigenvalue weighted by atomic mass is 10.1. The molecule has 1 heterocycles. The van der Waals surface area contributed by atoms with Gasteiger partial charge in [0.15, 0.2) is 0 Å². The van der Waals surface area contributed by atoms with E-state index in [0.29, 0.717) is 39.9 Å². The Morgan fingerprint density at radius 1 is 1.27 bits per heavy atom. The van der Waals surface area contributed by atoms with Crippen molar-refractivity contribution in [1.29, 1.82) is 0 Å². The molecule has 0 saturated carbocycles. The number of carbonyl (C=O) groups excluding carboxylic acids is 2. The molecule has 8 heteroatoms. The zero-order chi connectivity index (χ0) is 19.1. The van der Waals surface area contributed by atoms with Crippen LogP contribution in [0.3, 0.4) is 0 Å². The quantitative estimate of drug-likeness (QED) is 0.238. The molecule has 0 bridgehead atoms. The Bertz CT molecular complexity index is 760. The van der Waals surface area contributed by atoms with E-state index >= 15 is 0 Å². The fraction of sp³-hybridized carbons (Fsp3) is 0.333. The van der Waals surface area contributed by atoms with Crippen molar-refractivity contribution in [3.05, 3.63) is 34.7 Å². The zero-order valence-electron chi connectivity index (χ0n) is 14.3. The van der Waals surface area contributed by atoms with Gasteiger partial charge in [0.2, 0.25) is 0 Å². The van der Waals surface area contributed by atoms with E-state index < -0.39 is 11.9 Å². The van der Waals surface area contributed by atoms with Gasteiger partial charge in [-0.25, -0.2) is 0 Å². The van der Waals surface area contributed by atoms with Crippen LogP contribution in [-0.4, -0.2) is 38.7 Å². The van der Waals surface area contributed by atoms with Gasteiger partial charge >= 0.3 is 11.9 Å². The molecule has 0 spiro atoms. The molecule has 0 unspecified atom stereocenters. The molecular weight excluding hydrogens is 374 g/mol. The molecule has 1 saturated heterocycles. The van der Waals surface area contributed by atoms with Crippen molar-refractivity contribution in [3.8, 4) is 5.75 Å². The van der Waals surface area contributed by atoms with Gasteiger partial charge < -0.3 is 9.84 Å². The summed E-state index contributed by atoms with van der Waals surface area (Å²) in [5.74, 6) is -1.04. The second kappa shape index (κ2) is 9.49. The number of nitrogens with zero attached hydrogens (tertiary/aromatic N) is 1. The molecule has 1 aromatic rings. The average molecular weight is 393 g/mol. The Labute approximate surface area is 161 Å². The topological polar surface area (TPSA) is 83.9 Å². The van der Waals surface area contributed by atoms with Crippen LogP contribution in [0.4, 0.5) is 0 Å². The molecule has 2 rings (SSSR count). The lowest BCUT2D eigenvalue weighted by molar-refractivity contribution is -0.137. The van der Waals surface area contributed by atoms with E-state index in [1.165, 1.54) is 23.6 Å². The van der Waals surface area contributed by atoms with E-state index in [9.17, 15) is 14.4 Å². The first kappa shape index (κ1) is 20.1. The number of rotatable bonds is 8. The van der Waals surface area contributed by atoms with Gasteiger partial charge in [-0.2, -0.15) is 0 Å². The van der Waals surface area contributed by atoms with Crippen LogP contribution in [0.1, 0.15) is 38.2 Å². The fourth-order valence-electron chi connectivity index (χ4n) is 2.40. The Morgan fingerprint density at radius 3 is 2.69 bits per heavy atom. The number of esters is 1. The number of carboxylic acids is 1. The highest BCUT2D eigenvalue weighted by molar-refractivity contribution is 8.26. The van der Waals surface area contributed by atoms with E-state index in [2.05, 4.69) is 0 Å².